The summed E-state index contributed by atoms with van der Waals surface area (Å²) in [5.74, 6) is 0.731. The van der Waals surface area contributed by atoms with Gasteiger partial charge in [-0.25, -0.2) is 0 Å². The van der Waals surface area contributed by atoms with Gasteiger partial charge in [-0.15, -0.1) is 0 Å². The van der Waals surface area contributed by atoms with E-state index < -0.39 is 0 Å². The van der Waals surface area contributed by atoms with Crippen LogP contribution in [0.5, 0.6) is 0 Å². The third kappa shape index (κ3) is 3.51. The molecule has 0 radical (unpaired) electrons. The van der Waals surface area contributed by atoms with Crippen molar-refractivity contribution in [1.82, 2.24) is 15.5 Å². The first kappa shape index (κ1) is 15.9. The molecule has 122 valence electrons. The first-order valence-corrected chi connectivity index (χ1v) is 7.81. The molecule has 1 aromatic heterocycles. The average molecular weight is 321 g/mol. The molecule has 0 saturated heterocycles. The summed E-state index contributed by atoms with van der Waals surface area (Å²) in [5.41, 5.74) is 3.73. The highest BCUT2D eigenvalue weighted by molar-refractivity contribution is 5.94. The molecule has 0 unspecified atom stereocenters. The van der Waals surface area contributed by atoms with Gasteiger partial charge < -0.3 is 9.84 Å². The minimum atomic E-state index is -0.370. The highest BCUT2D eigenvalue weighted by Gasteiger charge is 2.18. The number of nitrogens with zero attached hydrogens (tertiary/aromatic N) is 2. The molecule has 0 spiro atoms. The molecular formula is C19H19N3O2. The Morgan fingerprint density at radius 3 is 2.54 bits per heavy atom. The maximum Gasteiger partial charge on any atom is 0.251 e. The predicted octanol–water partition coefficient (Wildman–Crippen LogP) is 3.84. The van der Waals surface area contributed by atoms with E-state index >= 15 is 0 Å². The van der Waals surface area contributed by atoms with E-state index in [1.165, 1.54) is 0 Å². The van der Waals surface area contributed by atoms with Crippen molar-refractivity contribution in [2.75, 3.05) is 0 Å². The molecule has 1 N–H and O–H groups in total. The molecule has 3 rings (SSSR count). The summed E-state index contributed by atoms with van der Waals surface area (Å²) in [6.07, 6.45) is 0. The highest BCUT2D eigenvalue weighted by Crippen LogP contribution is 2.19. The number of hydrogen-bond acceptors (Lipinski definition) is 4. The molecular weight excluding hydrogens is 302 g/mol. The summed E-state index contributed by atoms with van der Waals surface area (Å²) in [7, 11) is 0. The second-order valence-corrected chi connectivity index (χ2v) is 5.89. The van der Waals surface area contributed by atoms with Crippen LogP contribution in [0, 0.1) is 13.8 Å². The number of benzene rings is 2. The Balaban J connectivity index is 1.73. The summed E-state index contributed by atoms with van der Waals surface area (Å²) < 4.78 is 5.30. The van der Waals surface area contributed by atoms with E-state index in [1.807, 2.05) is 57.2 Å². The predicted molar refractivity (Wildman–Crippen MR) is 91.5 cm³/mol. The van der Waals surface area contributed by atoms with Crippen molar-refractivity contribution in [1.29, 1.82) is 0 Å². The van der Waals surface area contributed by atoms with Crippen molar-refractivity contribution < 1.29 is 9.32 Å². The SMILES string of the molecule is Cc1ccc(C(=O)N[C@@H](C)c2nc(-c3cccc(C)c3)no2)cc1. The van der Waals surface area contributed by atoms with Crippen molar-refractivity contribution >= 4 is 5.91 Å². The highest BCUT2D eigenvalue weighted by atomic mass is 16.5. The molecule has 5 heteroatoms. The molecule has 1 heterocycles. The summed E-state index contributed by atoms with van der Waals surface area (Å²) in [6, 6.07) is 14.9. The van der Waals surface area contributed by atoms with Crippen LogP contribution in [0.4, 0.5) is 0 Å². The maximum atomic E-state index is 12.3. The van der Waals surface area contributed by atoms with E-state index in [1.54, 1.807) is 12.1 Å². The molecule has 24 heavy (non-hydrogen) atoms. The molecule has 0 fully saturated rings. The topological polar surface area (TPSA) is 68.0 Å². The Morgan fingerprint density at radius 1 is 1.08 bits per heavy atom. The zero-order valence-electron chi connectivity index (χ0n) is 13.9. The van der Waals surface area contributed by atoms with Crippen LogP contribution in [-0.4, -0.2) is 16.0 Å². The molecule has 5 nitrogen and oxygen atoms in total. The summed E-state index contributed by atoms with van der Waals surface area (Å²) in [5, 5.41) is 6.88. The number of nitrogens with one attached hydrogen (secondary N) is 1. The van der Waals surface area contributed by atoms with Crippen molar-refractivity contribution in [3.05, 3.63) is 71.1 Å². The number of amides is 1. The van der Waals surface area contributed by atoms with Gasteiger partial charge in [-0.2, -0.15) is 4.98 Å². The summed E-state index contributed by atoms with van der Waals surface area (Å²) in [6.45, 7) is 5.81. The summed E-state index contributed by atoms with van der Waals surface area (Å²) >= 11 is 0. The second kappa shape index (κ2) is 6.66. The molecule has 1 atom stereocenters. The van der Waals surface area contributed by atoms with Crippen LogP contribution in [-0.2, 0) is 0 Å². The first-order chi connectivity index (χ1) is 11.5. The lowest BCUT2D eigenvalue weighted by molar-refractivity contribution is 0.0932. The van der Waals surface area contributed by atoms with Gasteiger partial charge in [0.2, 0.25) is 11.7 Å². The van der Waals surface area contributed by atoms with E-state index in [9.17, 15) is 4.79 Å². The van der Waals surface area contributed by atoms with Gasteiger partial charge in [0.25, 0.3) is 5.91 Å². The van der Waals surface area contributed by atoms with Gasteiger partial charge in [0.15, 0.2) is 0 Å². The van der Waals surface area contributed by atoms with Crippen LogP contribution >= 0.6 is 0 Å². The van der Waals surface area contributed by atoms with E-state index in [2.05, 4.69) is 15.5 Å². The Morgan fingerprint density at radius 2 is 1.83 bits per heavy atom. The third-order valence-electron chi connectivity index (χ3n) is 3.75. The number of carbonyl (C=O) groups excluding carboxylic acids is 1. The first-order valence-electron chi connectivity index (χ1n) is 7.81. The third-order valence-corrected chi connectivity index (χ3v) is 3.75. The van der Waals surface area contributed by atoms with Crippen LogP contribution in [0.1, 0.15) is 40.3 Å². The molecule has 0 aliphatic heterocycles. The zero-order valence-corrected chi connectivity index (χ0v) is 13.9. The van der Waals surface area contributed by atoms with Crippen LogP contribution in [0.25, 0.3) is 11.4 Å². The lowest BCUT2D eigenvalue weighted by Crippen LogP contribution is -2.26. The van der Waals surface area contributed by atoms with E-state index in [0.717, 1.165) is 16.7 Å². The minimum Gasteiger partial charge on any atom is -0.341 e. The van der Waals surface area contributed by atoms with Gasteiger partial charge in [-0.1, -0.05) is 46.6 Å². The van der Waals surface area contributed by atoms with Gasteiger partial charge in [0, 0.05) is 11.1 Å². The zero-order chi connectivity index (χ0) is 17.1. The van der Waals surface area contributed by atoms with Crippen molar-refractivity contribution in [2.45, 2.75) is 26.8 Å². The van der Waals surface area contributed by atoms with Crippen molar-refractivity contribution in [3.8, 4) is 11.4 Å². The number of hydrogen-bond donors (Lipinski definition) is 1. The summed E-state index contributed by atoms with van der Waals surface area (Å²) in [4.78, 5) is 16.7. The van der Waals surface area contributed by atoms with Gasteiger partial charge in [-0.05, 0) is 39.0 Å². The van der Waals surface area contributed by atoms with Crippen LogP contribution in [0.3, 0.4) is 0 Å². The number of carbonyl (C=O) groups is 1. The molecule has 3 aromatic rings. The van der Waals surface area contributed by atoms with E-state index in [-0.39, 0.29) is 11.9 Å². The lowest BCUT2D eigenvalue weighted by atomic mass is 10.1. The number of aryl methyl sites for hydroxylation is 2. The largest absolute Gasteiger partial charge is 0.341 e. The van der Waals surface area contributed by atoms with Gasteiger partial charge in [0.05, 0.1) is 0 Å². The Hall–Kier alpha value is -2.95. The molecule has 0 aliphatic rings. The fourth-order valence-electron chi connectivity index (χ4n) is 2.36. The second-order valence-electron chi connectivity index (χ2n) is 5.89. The minimum absolute atomic E-state index is 0.169. The number of aromatic nitrogens is 2. The molecule has 0 aliphatic carbocycles. The van der Waals surface area contributed by atoms with Crippen LogP contribution < -0.4 is 5.32 Å². The fraction of sp³-hybridized carbons (Fsp3) is 0.211. The Kier molecular flexibility index (Phi) is 4.42. The van der Waals surface area contributed by atoms with Crippen LogP contribution in [0.15, 0.2) is 53.1 Å². The standard InChI is InChI=1S/C19H19N3O2/c1-12-7-9-15(10-8-12)18(23)20-14(3)19-21-17(22-24-19)16-6-4-5-13(2)11-16/h4-11,14H,1-3H3,(H,20,23)/t14-/m0/s1. The van der Waals surface area contributed by atoms with E-state index in [4.69, 9.17) is 4.52 Å². The quantitative estimate of drug-likeness (QED) is 0.792. The van der Waals surface area contributed by atoms with Gasteiger partial charge >= 0.3 is 0 Å². The lowest BCUT2D eigenvalue weighted by Gasteiger charge is -2.09. The van der Waals surface area contributed by atoms with E-state index in [0.29, 0.717) is 17.3 Å². The molecule has 2 aromatic carbocycles. The monoisotopic (exact) mass is 321 g/mol. The van der Waals surface area contributed by atoms with Crippen molar-refractivity contribution in [2.24, 2.45) is 0 Å². The average Bonchev–Trinajstić information content (AvgIpc) is 3.05. The van der Waals surface area contributed by atoms with Gasteiger partial charge in [0.1, 0.15) is 6.04 Å². The fourth-order valence-corrected chi connectivity index (χ4v) is 2.36. The molecule has 0 saturated carbocycles. The van der Waals surface area contributed by atoms with Crippen LogP contribution in [0.2, 0.25) is 0 Å². The number of rotatable bonds is 4. The van der Waals surface area contributed by atoms with Crippen molar-refractivity contribution in [3.63, 3.8) is 0 Å². The molecule has 1 amide bonds. The Labute approximate surface area is 140 Å². The maximum absolute atomic E-state index is 12.3. The molecule has 0 bridgehead atoms. The Bertz CT molecular complexity index is 853. The van der Waals surface area contributed by atoms with Gasteiger partial charge in [-0.3, -0.25) is 4.79 Å². The normalized spacial score (nSPS) is 12.0. The smallest absolute Gasteiger partial charge is 0.251 e.